The predicted octanol–water partition coefficient (Wildman–Crippen LogP) is 3.89. The highest BCUT2D eigenvalue weighted by Crippen LogP contribution is 2.19. The lowest BCUT2D eigenvalue weighted by Gasteiger charge is -2.09. The SMILES string of the molecule is N#Cc1ccccc1Nc1ccnc(NCCc2ccccc2F)n1. The van der Waals surface area contributed by atoms with E-state index in [1.807, 2.05) is 18.2 Å². The zero-order valence-electron chi connectivity index (χ0n) is 13.4. The van der Waals surface area contributed by atoms with Crippen molar-refractivity contribution in [1.29, 1.82) is 5.26 Å². The van der Waals surface area contributed by atoms with Gasteiger partial charge in [0.25, 0.3) is 0 Å². The van der Waals surface area contributed by atoms with Crippen molar-refractivity contribution in [2.75, 3.05) is 17.2 Å². The fourth-order valence-corrected chi connectivity index (χ4v) is 2.35. The topological polar surface area (TPSA) is 73.6 Å². The van der Waals surface area contributed by atoms with Gasteiger partial charge in [0, 0.05) is 12.7 Å². The Morgan fingerprint density at radius 2 is 1.84 bits per heavy atom. The number of aromatic nitrogens is 2. The van der Waals surface area contributed by atoms with Gasteiger partial charge in [-0.25, -0.2) is 9.37 Å². The van der Waals surface area contributed by atoms with Gasteiger partial charge in [-0.15, -0.1) is 0 Å². The highest BCUT2D eigenvalue weighted by molar-refractivity contribution is 5.64. The fourth-order valence-electron chi connectivity index (χ4n) is 2.35. The van der Waals surface area contributed by atoms with E-state index < -0.39 is 0 Å². The largest absolute Gasteiger partial charge is 0.354 e. The Bertz CT molecular complexity index is 904. The molecule has 0 unspecified atom stereocenters. The molecule has 3 rings (SSSR count). The normalized spacial score (nSPS) is 10.1. The minimum atomic E-state index is -0.214. The summed E-state index contributed by atoms with van der Waals surface area (Å²) in [6.45, 7) is 0.513. The Balaban J connectivity index is 1.64. The summed E-state index contributed by atoms with van der Waals surface area (Å²) in [7, 11) is 0. The molecule has 1 heterocycles. The van der Waals surface area contributed by atoms with Gasteiger partial charge in [0.2, 0.25) is 5.95 Å². The molecule has 0 saturated heterocycles. The van der Waals surface area contributed by atoms with Gasteiger partial charge in [-0.05, 0) is 36.2 Å². The molecule has 2 N–H and O–H groups in total. The second-order valence-corrected chi connectivity index (χ2v) is 5.32. The van der Waals surface area contributed by atoms with Crippen LogP contribution in [0.1, 0.15) is 11.1 Å². The molecule has 0 amide bonds. The molecule has 1 aromatic heterocycles. The van der Waals surface area contributed by atoms with E-state index >= 15 is 0 Å². The third-order valence-corrected chi connectivity index (χ3v) is 3.60. The summed E-state index contributed by atoms with van der Waals surface area (Å²) < 4.78 is 13.6. The first-order chi connectivity index (χ1) is 12.3. The zero-order valence-corrected chi connectivity index (χ0v) is 13.4. The van der Waals surface area contributed by atoms with Crippen molar-refractivity contribution < 1.29 is 4.39 Å². The minimum Gasteiger partial charge on any atom is -0.354 e. The van der Waals surface area contributed by atoms with Crippen LogP contribution in [-0.2, 0) is 6.42 Å². The molecule has 2 aromatic carbocycles. The molecule has 25 heavy (non-hydrogen) atoms. The number of rotatable bonds is 6. The van der Waals surface area contributed by atoms with E-state index in [1.54, 1.807) is 36.5 Å². The van der Waals surface area contributed by atoms with Crippen molar-refractivity contribution in [3.8, 4) is 6.07 Å². The van der Waals surface area contributed by atoms with Crippen LogP contribution in [0.25, 0.3) is 0 Å². The highest BCUT2D eigenvalue weighted by Gasteiger charge is 2.04. The van der Waals surface area contributed by atoms with Crippen LogP contribution in [0.15, 0.2) is 60.8 Å². The Morgan fingerprint density at radius 1 is 1.04 bits per heavy atom. The number of anilines is 3. The summed E-state index contributed by atoms with van der Waals surface area (Å²) in [4.78, 5) is 8.52. The van der Waals surface area contributed by atoms with E-state index in [0.717, 1.165) is 0 Å². The molecule has 0 saturated carbocycles. The quantitative estimate of drug-likeness (QED) is 0.716. The van der Waals surface area contributed by atoms with Gasteiger partial charge in [-0.3, -0.25) is 0 Å². The zero-order chi connectivity index (χ0) is 17.5. The number of para-hydroxylation sites is 1. The van der Waals surface area contributed by atoms with E-state index in [9.17, 15) is 4.39 Å². The summed E-state index contributed by atoms with van der Waals surface area (Å²) in [6.07, 6.45) is 2.15. The van der Waals surface area contributed by atoms with E-state index in [0.29, 0.717) is 41.5 Å². The van der Waals surface area contributed by atoms with Gasteiger partial charge >= 0.3 is 0 Å². The number of benzene rings is 2. The van der Waals surface area contributed by atoms with Crippen LogP contribution in [0.3, 0.4) is 0 Å². The van der Waals surface area contributed by atoms with Crippen molar-refractivity contribution in [2.45, 2.75) is 6.42 Å². The Labute approximate surface area is 145 Å². The molecule has 124 valence electrons. The van der Waals surface area contributed by atoms with Gasteiger partial charge in [0.05, 0.1) is 11.3 Å². The maximum absolute atomic E-state index is 13.6. The van der Waals surface area contributed by atoms with Crippen LogP contribution in [0.4, 0.5) is 21.8 Å². The van der Waals surface area contributed by atoms with Gasteiger partial charge in [0.15, 0.2) is 0 Å². The molecule has 6 heteroatoms. The standard InChI is InChI=1S/C19H16FN5/c20-16-7-3-1-5-14(16)9-11-22-19-23-12-10-18(25-19)24-17-8-4-2-6-15(17)13-21/h1-8,10,12H,9,11H2,(H2,22,23,24,25). The molecule has 0 bridgehead atoms. The smallest absolute Gasteiger partial charge is 0.224 e. The van der Waals surface area contributed by atoms with Gasteiger partial charge < -0.3 is 10.6 Å². The molecular formula is C19H16FN5. The summed E-state index contributed by atoms with van der Waals surface area (Å²) in [5.41, 5.74) is 1.86. The monoisotopic (exact) mass is 333 g/mol. The van der Waals surface area contributed by atoms with Crippen molar-refractivity contribution >= 4 is 17.5 Å². The maximum atomic E-state index is 13.6. The van der Waals surface area contributed by atoms with E-state index in [2.05, 4.69) is 26.7 Å². The number of nitrogens with zero attached hydrogens (tertiary/aromatic N) is 3. The van der Waals surface area contributed by atoms with Crippen LogP contribution in [0.5, 0.6) is 0 Å². The summed E-state index contributed by atoms with van der Waals surface area (Å²) in [6, 6.07) is 17.7. The highest BCUT2D eigenvalue weighted by atomic mass is 19.1. The second-order valence-electron chi connectivity index (χ2n) is 5.32. The maximum Gasteiger partial charge on any atom is 0.224 e. The first kappa shape index (κ1) is 16.4. The summed E-state index contributed by atoms with van der Waals surface area (Å²) in [5, 5.41) is 15.3. The number of nitrogens with one attached hydrogen (secondary N) is 2. The molecule has 0 aliphatic rings. The lowest BCUT2D eigenvalue weighted by molar-refractivity contribution is 0.610. The van der Waals surface area contributed by atoms with Crippen LogP contribution < -0.4 is 10.6 Å². The second kappa shape index (κ2) is 7.88. The van der Waals surface area contributed by atoms with Gasteiger partial charge in [-0.2, -0.15) is 10.2 Å². The number of halogens is 1. The number of nitriles is 1. The van der Waals surface area contributed by atoms with Crippen molar-refractivity contribution in [2.24, 2.45) is 0 Å². The third-order valence-electron chi connectivity index (χ3n) is 3.60. The van der Waals surface area contributed by atoms with E-state index in [4.69, 9.17) is 5.26 Å². The summed E-state index contributed by atoms with van der Waals surface area (Å²) >= 11 is 0. The number of hydrogen-bond donors (Lipinski definition) is 2. The average Bonchev–Trinajstić information content (AvgIpc) is 2.64. The average molecular weight is 333 g/mol. The van der Waals surface area contributed by atoms with Crippen LogP contribution >= 0.6 is 0 Å². The molecule has 0 radical (unpaired) electrons. The molecule has 0 spiro atoms. The minimum absolute atomic E-state index is 0.214. The van der Waals surface area contributed by atoms with Crippen molar-refractivity contribution in [3.63, 3.8) is 0 Å². The third kappa shape index (κ3) is 4.30. The van der Waals surface area contributed by atoms with E-state index in [1.165, 1.54) is 6.07 Å². The Morgan fingerprint density at radius 3 is 2.68 bits per heavy atom. The molecular weight excluding hydrogens is 317 g/mol. The first-order valence-corrected chi connectivity index (χ1v) is 7.83. The lowest BCUT2D eigenvalue weighted by Crippen LogP contribution is -2.09. The predicted molar refractivity (Wildman–Crippen MR) is 95.1 cm³/mol. The fraction of sp³-hybridized carbons (Fsp3) is 0.105. The molecule has 3 aromatic rings. The molecule has 0 fully saturated rings. The van der Waals surface area contributed by atoms with Crippen molar-refractivity contribution in [1.82, 2.24) is 9.97 Å². The molecule has 0 atom stereocenters. The molecule has 0 aliphatic carbocycles. The lowest BCUT2D eigenvalue weighted by atomic mass is 10.1. The van der Waals surface area contributed by atoms with Gasteiger partial charge in [-0.1, -0.05) is 30.3 Å². The Kier molecular flexibility index (Phi) is 5.17. The van der Waals surface area contributed by atoms with Crippen LogP contribution in [0, 0.1) is 17.1 Å². The van der Waals surface area contributed by atoms with Gasteiger partial charge in [0.1, 0.15) is 17.7 Å². The van der Waals surface area contributed by atoms with Crippen LogP contribution in [0.2, 0.25) is 0 Å². The van der Waals surface area contributed by atoms with E-state index in [-0.39, 0.29) is 5.82 Å². The molecule has 5 nitrogen and oxygen atoms in total. The number of hydrogen-bond acceptors (Lipinski definition) is 5. The van der Waals surface area contributed by atoms with Crippen molar-refractivity contribution in [3.05, 3.63) is 77.7 Å². The summed E-state index contributed by atoms with van der Waals surface area (Å²) in [5.74, 6) is 0.801. The Hall–Kier alpha value is -3.46. The molecule has 0 aliphatic heterocycles. The van der Waals surface area contributed by atoms with Crippen LogP contribution in [-0.4, -0.2) is 16.5 Å². The first-order valence-electron chi connectivity index (χ1n) is 7.83.